The highest BCUT2D eigenvalue weighted by molar-refractivity contribution is 5.84. The largest absolute Gasteiger partial charge is 0.328 e. The number of aliphatic imine (C=N–C) groups is 1. The highest BCUT2D eigenvalue weighted by atomic mass is 15.0. The van der Waals surface area contributed by atoms with Crippen LogP contribution in [-0.2, 0) is 6.54 Å². The van der Waals surface area contributed by atoms with E-state index >= 15 is 0 Å². The topological polar surface area (TPSA) is 41.1 Å². The Balaban J connectivity index is 2.13. The lowest BCUT2D eigenvalue weighted by Crippen LogP contribution is -2.03. The zero-order valence-electron chi connectivity index (χ0n) is 9.30. The molecule has 0 atom stereocenters. The van der Waals surface area contributed by atoms with Crippen LogP contribution in [0.25, 0.3) is 10.9 Å². The molecular formula is C14H11N3. The van der Waals surface area contributed by atoms with E-state index in [9.17, 15) is 0 Å². The molecule has 0 spiro atoms. The summed E-state index contributed by atoms with van der Waals surface area (Å²) in [7, 11) is 0. The molecule has 82 valence electrons. The summed E-state index contributed by atoms with van der Waals surface area (Å²) in [5.41, 5.74) is 2.97. The molecule has 3 nitrogen and oxygen atoms in total. The summed E-state index contributed by atoms with van der Waals surface area (Å²) >= 11 is 0. The third kappa shape index (κ3) is 1.64. The fourth-order valence-electron chi connectivity index (χ4n) is 2.15. The first-order valence-corrected chi connectivity index (χ1v) is 5.56. The molecule has 17 heavy (non-hydrogen) atoms. The molecule has 1 aliphatic rings. The third-order valence-corrected chi connectivity index (χ3v) is 2.98. The highest BCUT2D eigenvalue weighted by Crippen LogP contribution is 2.20. The summed E-state index contributed by atoms with van der Waals surface area (Å²) < 4.78 is 2.04. The van der Waals surface area contributed by atoms with Gasteiger partial charge in [-0.2, -0.15) is 5.26 Å². The molecule has 3 rings (SSSR count). The van der Waals surface area contributed by atoms with Gasteiger partial charge in [0.1, 0.15) is 11.8 Å². The maximum Gasteiger partial charge on any atom is 0.121 e. The molecule has 0 radical (unpaired) electrons. The first-order valence-electron chi connectivity index (χ1n) is 5.56. The Hall–Kier alpha value is -2.34. The van der Waals surface area contributed by atoms with Crippen LogP contribution in [-0.4, -0.2) is 17.3 Å². The van der Waals surface area contributed by atoms with Gasteiger partial charge in [-0.05, 0) is 17.7 Å². The Labute approximate surface area is 99.3 Å². The lowest BCUT2D eigenvalue weighted by Gasteiger charge is -2.05. The molecule has 1 aromatic heterocycles. The molecule has 0 aliphatic carbocycles. The van der Waals surface area contributed by atoms with Crippen LogP contribution in [0.1, 0.15) is 5.69 Å². The summed E-state index contributed by atoms with van der Waals surface area (Å²) in [4.78, 5) is 4.17. The number of fused-ring (bicyclic) bond motifs is 1. The van der Waals surface area contributed by atoms with Crippen LogP contribution >= 0.6 is 0 Å². The molecule has 0 saturated carbocycles. The van der Waals surface area contributed by atoms with Crippen molar-refractivity contribution in [1.82, 2.24) is 4.57 Å². The van der Waals surface area contributed by atoms with Gasteiger partial charge in [0.25, 0.3) is 0 Å². The smallest absolute Gasteiger partial charge is 0.121 e. The van der Waals surface area contributed by atoms with Crippen molar-refractivity contribution in [2.24, 2.45) is 4.99 Å². The molecule has 0 bridgehead atoms. The van der Waals surface area contributed by atoms with Crippen LogP contribution in [0.15, 0.2) is 47.0 Å². The number of allylic oxidation sites excluding steroid dienone is 1. The first-order chi connectivity index (χ1) is 8.38. The number of aromatic nitrogens is 1. The normalized spacial score (nSPS) is 13.9. The van der Waals surface area contributed by atoms with E-state index < -0.39 is 0 Å². The Morgan fingerprint density at radius 2 is 2.24 bits per heavy atom. The van der Waals surface area contributed by atoms with Crippen LogP contribution in [0, 0.1) is 11.3 Å². The minimum absolute atomic E-state index is 0.701. The molecule has 2 aromatic rings. The maximum atomic E-state index is 9.17. The van der Waals surface area contributed by atoms with E-state index in [-0.39, 0.29) is 0 Å². The van der Waals surface area contributed by atoms with E-state index in [1.54, 1.807) is 0 Å². The van der Waals surface area contributed by atoms with Gasteiger partial charge in [-0.25, -0.2) is 0 Å². The van der Waals surface area contributed by atoms with Crippen molar-refractivity contribution in [3.8, 4) is 6.07 Å². The average molecular weight is 221 g/mol. The maximum absolute atomic E-state index is 9.17. The van der Waals surface area contributed by atoms with E-state index in [1.165, 1.54) is 5.57 Å². The molecule has 0 amide bonds. The minimum Gasteiger partial charge on any atom is -0.328 e. The number of rotatable bonds is 2. The van der Waals surface area contributed by atoms with Gasteiger partial charge >= 0.3 is 0 Å². The lowest BCUT2D eigenvalue weighted by molar-refractivity contribution is 0.833. The van der Waals surface area contributed by atoms with Crippen molar-refractivity contribution in [1.29, 1.82) is 5.26 Å². The molecule has 2 heterocycles. The van der Waals surface area contributed by atoms with E-state index in [2.05, 4.69) is 17.1 Å². The predicted octanol–water partition coefficient (Wildman–Crippen LogP) is 2.52. The van der Waals surface area contributed by atoms with Gasteiger partial charge in [-0.1, -0.05) is 24.3 Å². The number of nitrogens with zero attached hydrogens (tertiary/aromatic N) is 3. The van der Waals surface area contributed by atoms with Crippen molar-refractivity contribution in [2.75, 3.05) is 6.54 Å². The number of nitriles is 1. The van der Waals surface area contributed by atoms with E-state index in [4.69, 9.17) is 5.26 Å². The van der Waals surface area contributed by atoms with Crippen LogP contribution in [0.4, 0.5) is 0 Å². The summed E-state index contributed by atoms with van der Waals surface area (Å²) in [6.45, 7) is 1.48. The Kier molecular flexibility index (Phi) is 2.27. The second-order valence-corrected chi connectivity index (χ2v) is 4.06. The van der Waals surface area contributed by atoms with Gasteiger partial charge < -0.3 is 4.57 Å². The zero-order valence-corrected chi connectivity index (χ0v) is 9.30. The predicted molar refractivity (Wildman–Crippen MR) is 68.1 cm³/mol. The Morgan fingerprint density at radius 1 is 1.35 bits per heavy atom. The molecule has 0 fully saturated rings. The second kappa shape index (κ2) is 3.91. The molecule has 1 aromatic carbocycles. The molecule has 0 N–H and O–H groups in total. The number of hydrogen-bond donors (Lipinski definition) is 0. The van der Waals surface area contributed by atoms with Crippen LogP contribution in [0.3, 0.4) is 0 Å². The van der Waals surface area contributed by atoms with Crippen LogP contribution in [0.2, 0.25) is 0 Å². The standard InChI is InChI=1S/C14H11N3/c15-8-13-7-12-3-1-2-4-14(12)17(13)10-11-5-6-16-9-11/h1-5,7,9H,6,10H2. The van der Waals surface area contributed by atoms with E-state index in [0.717, 1.165) is 24.0 Å². The Morgan fingerprint density at radius 3 is 3.00 bits per heavy atom. The van der Waals surface area contributed by atoms with Crippen molar-refractivity contribution in [3.05, 3.63) is 47.7 Å². The van der Waals surface area contributed by atoms with Gasteiger partial charge in [0.05, 0.1) is 13.1 Å². The molecule has 0 unspecified atom stereocenters. The van der Waals surface area contributed by atoms with Gasteiger partial charge in [0, 0.05) is 17.1 Å². The summed E-state index contributed by atoms with van der Waals surface area (Å²) in [5, 5.41) is 10.3. The zero-order chi connectivity index (χ0) is 11.7. The molecule has 0 saturated heterocycles. The van der Waals surface area contributed by atoms with E-state index in [0.29, 0.717) is 5.69 Å². The third-order valence-electron chi connectivity index (χ3n) is 2.98. The molecule has 1 aliphatic heterocycles. The SMILES string of the molecule is N#Cc1cc2ccccc2n1CC1=CCN=C1. The van der Waals surface area contributed by atoms with Gasteiger partial charge in [-0.3, -0.25) is 4.99 Å². The molecule has 3 heteroatoms. The number of hydrogen-bond acceptors (Lipinski definition) is 2. The summed E-state index contributed by atoms with van der Waals surface area (Å²) in [6.07, 6.45) is 3.98. The second-order valence-electron chi connectivity index (χ2n) is 4.06. The minimum atomic E-state index is 0.701. The average Bonchev–Trinajstić information content (AvgIpc) is 2.98. The molecular weight excluding hydrogens is 210 g/mol. The van der Waals surface area contributed by atoms with Gasteiger partial charge in [-0.15, -0.1) is 0 Å². The highest BCUT2D eigenvalue weighted by Gasteiger charge is 2.09. The van der Waals surface area contributed by atoms with Crippen molar-refractivity contribution >= 4 is 17.1 Å². The van der Waals surface area contributed by atoms with Crippen LogP contribution < -0.4 is 0 Å². The van der Waals surface area contributed by atoms with Crippen molar-refractivity contribution in [2.45, 2.75) is 6.54 Å². The fourth-order valence-corrected chi connectivity index (χ4v) is 2.15. The van der Waals surface area contributed by atoms with E-state index in [1.807, 2.05) is 41.1 Å². The van der Waals surface area contributed by atoms with Crippen molar-refractivity contribution in [3.63, 3.8) is 0 Å². The van der Waals surface area contributed by atoms with Gasteiger partial charge in [0.15, 0.2) is 0 Å². The van der Waals surface area contributed by atoms with Crippen molar-refractivity contribution < 1.29 is 0 Å². The summed E-state index contributed by atoms with van der Waals surface area (Å²) in [6, 6.07) is 12.2. The lowest BCUT2D eigenvalue weighted by atomic mass is 10.2. The van der Waals surface area contributed by atoms with Crippen LogP contribution in [0.5, 0.6) is 0 Å². The number of benzene rings is 1. The monoisotopic (exact) mass is 221 g/mol. The quantitative estimate of drug-likeness (QED) is 0.768. The number of para-hydroxylation sites is 1. The fraction of sp³-hybridized carbons (Fsp3) is 0.143. The first kappa shape index (κ1) is 9.86. The summed E-state index contributed by atoms with van der Waals surface area (Å²) in [5.74, 6) is 0. The van der Waals surface area contributed by atoms with Gasteiger partial charge in [0.2, 0.25) is 0 Å². The Bertz CT molecular complexity index is 668.